The van der Waals surface area contributed by atoms with Crippen molar-refractivity contribution in [2.75, 3.05) is 0 Å². The number of amides is 2. The Morgan fingerprint density at radius 2 is 0.920 bits per heavy atom. The Hall–Kier alpha value is -4.60. The van der Waals surface area contributed by atoms with Crippen molar-refractivity contribution in [3.05, 3.63) is 174 Å². The van der Waals surface area contributed by atoms with Crippen LogP contribution in [-0.2, 0) is 13.2 Å². The van der Waals surface area contributed by atoms with Crippen LogP contribution >= 0.6 is 45.9 Å². The third-order valence-electron chi connectivity index (χ3n) is 7.58. The fourth-order valence-electron chi connectivity index (χ4n) is 4.81. The standard InChI is InChI=1S/2C20H18ClNO2S/c2*1-14(16-5-3-2-4-6-16)22-20(23)19-18(11-12-25-19)24-13-15-7-9-17(21)10-8-15/h2*2-12,14H,13H2,1H3,(H,22,23)/t2*14-/m00/s1. The first-order chi connectivity index (χ1) is 24.3. The molecule has 2 N–H and O–H groups in total. The van der Waals surface area contributed by atoms with Gasteiger partial charge in [-0.15, -0.1) is 22.7 Å². The van der Waals surface area contributed by atoms with E-state index in [-0.39, 0.29) is 23.9 Å². The molecular formula is C40H36Cl2N2O4S2. The van der Waals surface area contributed by atoms with Crippen LogP contribution in [0.25, 0.3) is 0 Å². The van der Waals surface area contributed by atoms with Gasteiger partial charge in [-0.2, -0.15) is 0 Å². The van der Waals surface area contributed by atoms with Gasteiger partial charge in [-0.25, -0.2) is 0 Å². The van der Waals surface area contributed by atoms with Gasteiger partial charge < -0.3 is 20.1 Å². The van der Waals surface area contributed by atoms with Crippen LogP contribution in [0.4, 0.5) is 0 Å². The summed E-state index contributed by atoms with van der Waals surface area (Å²) in [5, 5.41) is 11.1. The molecule has 4 aromatic carbocycles. The monoisotopic (exact) mass is 742 g/mol. The minimum Gasteiger partial charge on any atom is -0.487 e. The molecule has 10 heteroatoms. The van der Waals surface area contributed by atoms with E-state index >= 15 is 0 Å². The second-order valence-electron chi connectivity index (χ2n) is 11.3. The van der Waals surface area contributed by atoms with Crippen molar-refractivity contribution >= 4 is 57.7 Å². The first-order valence-electron chi connectivity index (χ1n) is 15.9. The molecule has 6 rings (SSSR count). The number of hydrogen-bond donors (Lipinski definition) is 2. The minimum absolute atomic E-state index is 0.0695. The molecule has 0 fully saturated rings. The van der Waals surface area contributed by atoms with Crippen LogP contribution in [0.15, 0.2) is 132 Å². The molecule has 2 aromatic heterocycles. The molecule has 2 atom stereocenters. The lowest BCUT2D eigenvalue weighted by Gasteiger charge is -2.14. The summed E-state index contributed by atoms with van der Waals surface area (Å²) in [5.74, 6) is 0.936. The van der Waals surface area contributed by atoms with E-state index in [1.165, 1.54) is 22.7 Å². The first kappa shape index (κ1) is 36.7. The van der Waals surface area contributed by atoms with E-state index in [0.29, 0.717) is 44.5 Å². The number of benzene rings is 4. The summed E-state index contributed by atoms with van der Waals surface area (Å²) < 4.78 is 11.6. The van der Waals surface area contributed by atoms with Gasteiger partial charge in [0.15, 0.2) is 0 Å². The molecule has 0 aliphatic rings. The molecule has 6 nitrogen and oxygen atoms in total. The van der Waals surface area contributed by atoms with Crippen LogP contribution < -0.4 is 20.1 Å². The molecule has 0 bridgehead atoms. The highest BCUT2D eigenvalue weighted by Gasteiger charge is 2.19. The minimum atomic E-state index is -0.127. The molecule has 0 unspecified atom stereocenters. The topological polar surface area (TPSA) is 76.7 Å². The molecule has 0 spiro atoms. The number of hydrogen-bond acceptors (Lipinski definition) is 6. The number of thiophene rings is 2. The third-order valence-corrected chi connectivity index (χ3v) is 9.87. The largest absolute Gasteiger partial charge is 0.487 e. The molecule has 2 amide bonds. The molecule has 0 aliphatic heterocycles. The normalized spacial score (nSPS) is 11.8. The number of rotatable bonds is 12. The summed E-state index contributed by atoms with van der Waals surface area (Å²) in [6.07, 6.45) is 0. The highest BCUT2D eigenvalue weighted by Crippen LogP contribution is 2.28. The van der Waals surface area contributed by atoms with E-state index in [2.05, 4.69) is 10.6 Å². The van der Waals surface area contributed by atoms with Gasteiger partial charge in [0.1, 0.15) is 34.5 Å². The maximum absolute atomic E-state index is 12.6. The molecule has 0 saturated carbocycles. The Kier molecular flexibility index (Phi) is 13.5. The summed E-state index contributed by atoms with van der Waals surface area (Å²) in [7, 11) is 0. The molecule has 0 radical (unpaired) electrons. The lowest BCUT2D eigenvalue weighted by molar-refractivity contribution is 0.0931. The molecule has 6 aromatic rings. The van der Waals surface area contributed by atoms with Crippen molar-refractivity contribution < 1.29 is 19.1 Å². The lowest BCUT2D eigenvalue weighted by Crippen LogP contribution is -2.26. The SMILES string of the molecule is C[C@H](NC(=O)c1sccc1OCc1ccc(Cl)cc1)c1ccccc1.C[C@H](NC(=O)c1sccc1OCc1ccc(Cl)cc1)c1ccccc1. The number of nitrogens with one attached hydrogen (secondary N) is 2. The third kappa shape index (κ3) is 10.7. The summed E-state index contributed by atoms with van der Waals surface area (Å²) in [4.78, 5) is 26.3. The first-order valence-corrected chi connectivity index (χ1v) is 18.4. The van der Waals surface area contributed by atoms with Gasteiger partial charge in [0.05, 0.1) is 12.1 Å². The fraction of sp³-hybridized carbons (Fsp3) is 0.150. The van der Waals surface area contributed by atoms with Crippen molar-refractivity contribution in [1.82, 2.24) is 10.6 Å². The summed E-state index contributed by atoms with van der Waals surface area (Å²) >= 11 is 14.5. The molecular weight excluding hydrogens is 707 g/mol. The number of carbonyl (C=O) groups excluding carboxylic acids is 2. The van der Waals surface area contributed by atoms with Crippen molar-refractivity contribution in [3.63, 3.8) is 0 Å². The molecule has 0 saturated heterocycles. The van der Waals surface area contributed by atoms with E-state index in [9.17, 15) is 9.59 Å². The van der Waals surface area contributed by atoms with Crippen LogP contribution in [0.1, 0.15) is 67.5 Å². The quantitative estimate of drug-likeness (QED) is 0.131. The number of ether oxygens (including phenoxy) is 2. The average molecular weight is 744 g/mol. The highest BCUT2D eigenvalue weighted by molar-refractivity contribution is 7.12. The number of carbonyl (C=O) groups is 2. The molecule has 0 aliphatic carbocycles. The fourth-order valence-corrected chi connectivity index (χ4v) is 6.54. The zero-order chi connectivity index (χ0) is 35.3. The Labute approximate surface area is 310 Å². The van der Waals surface area contributed by atoms with E-state index in [4.69, 9.17) is 32.7 Å². The van der Waals surface area contributed by atoms with Crippen molar-refractivity contribution in [3.8, 4) is 11.5 Å². The van der Waals surface area contributed by atoms with E-state index in [1.807, 2.05) is 146 Å². The molecule has 256 valence electrons. The summed E-state index contributed by atoms with van der Waals surface area (Å²) in [6, 6.07) is 38.2. The summed E-state index contributed by atoms with van der Waals surface area (Å²) in [5.41, 5.74) is 4.13. The average Bonchev–Trinajstić information content (AvgIpc) is 3.82. The van der Waals surface area contributed by atoms with Gasteiger partial charge in [0, 0.05) is 10.0 Å². The predicted molar refractivity (Wildman–Crippen MR) is 205 cm³/mol. The summed E-state index contributed by atoms with van der Waals surface area (Å²) in [6.45, 7) is 4.72. The zero-order valence-corrected chi connectivity index (χ0v) is 30.6. The second-order valence-corrected chi connectivity index (χ2v) is 14.0. The molecule has 2 heterocycles. The van der Waals surface area contributed by atoms with Gasteiger partial charge >= 0.3 is 0 Å². The maximum atomic E-state index is 12.6. The second kappa shape index (κ2) is 18.4. The zero-order valence-electron chi connectivity index (χ0n) is 27.5. The van der Waals surface area contributed by atoms with Crippen LogP contribution in [0.3, 0.4) is 0 Å². The van der Waals surface area contributed by atoms with Crippen LogP contribution in [0.5, 0.6) is 11.5 Å². The van der Waals surface area contributed by atoms with E-state index in [1.54, 1.807) is 0 Å². The van der Waals surface area contributed by atoms with Crippen LogP contribution in [0, 0.1) is 0 Å². The van der Waals surface area contributed by atoms with Crippen molar-refractivity contribution in [1.29, 1.82) is 0 Å². The van der Waals surface area contributed by atoms with Crippen molar-refractivity contribution in [2.45, 2.75) is 39.1 Å². The number of halogens is 2. The Morgan fingerprint density at radius 1 is 0.560 bits per heavy atom. The predicted octanol–water partition coefficient (Wildman–Crippen LogP) is 10.9. The Morgan fingerprint density at radius 3 is 1.28 bits per heavy atom. The maximum Gasteiger partial charge on any atom is 0.265 e. The Balaban J connectivity index is 0.000000194. The van der Waals surface area contributed by atoms with Crippen LogP contribution in [-0.4, -0.2) is 11.8 Å². The van der Waals surface area contributed by atoms with E-state index < -0.39 is 0 Å². The van der Waals surface area contributed by atoms with Gasteiger partial charge in [-0.1, -0.05) is 108 Å². The van der Waals surface area contributed by atoms with Gasteiger partial charge in [-0.3, -0.25) is 9.59 Å². The molecule has 50 heavy (non-hydrogen) atoms. The Bertz CT molecular complexity index is 1800. The van der Waals surface area contributed by atoms with Gasteiger partial charge in [-0.05, 0) is 83.3 Å². The van der Waals surface area contributed by atoms with Gasteiger partial charge in [0.2, 0.25) is 0 Å². The van der Waals surface area contributed by atoms with Gasteiger partial charge in [0.25, 0.3) is 11.8 Å². The van der Waals surface area contributed by atoms with E-state index in [0.717, 1.165) is 22.3 Å². The van der Waals surface area contributed by atoms with Crippen LogP contribution in [0.2, 0.25) is 10.0 Å². The van der Waals surface area contributed by atoms with Crippen molar-refractivity contribution in [2.24, 2.45) is 0 Å². The lowest BCUT2D eigenvalue weighted by atomic mass is 10.1. The highest BCUT2D eigenvalue weighted by atomic mass is 35.5. The smallest absolute Gasteiger partial charge is 0.265 e.